The first kappa shape index (κ1) is 14.8. The Balaban J connectivity index is 2.25. The first-order valence-corrected chi connectivity index (χ1v) is 7.11. The lowest BCUT2D eigenvalue weighted by Gasteiger charge is -2.30. The van der Waals surface area contributed by atoms with Crippen LogP contribution < -0.4 is 10.9 Å². The van der Waals surface area contributed by atoms with Crippen molar-refractivity contribution in [3.8, 4) is 0 Å². The fourth-order valence-corrected chi connectivity index (χ4v) is 2.39. The molecule has 1 aromatic heterocycles. The second kappa shape index (κ2) is 6.20. The lowest BCUT2D eigenvalue weighted by molar-refractivity contribution is 0.149. The van der Waals surface area contributed by atoms with Crippen LogP contribution in [0.15, 0.2) is 35.1 Å². The molecule has 0 saturated carbocycles. The number of nitrogens with one attached hydrogen (secondary N) is 2. The number of benzene rings is 1. The molecule has 1 heterocycles. The molecule has 0 aliphatic carbocycles. The van der Waals surface area contributed by atoms with Gasteiger partial charge in [-0.15, -0.1) is 0 Å². The standard InChI is InChI=1S/C16H22N2O2/c1-3-16(4-2,11-19)17-10-13-9-12-7-5-6-8-14(12)18-15(13)20/h5-9,17,19H,3-4,10-11H2,1-2H3,(H,18,20). The highest BCUT2D eigenvalue weighted by Gasteiger charge is 2.24. The van der Waals surface area contributed by atoms with Crippen molar-refractivity contribution in [2.45, 2.75) is 38.8 Å². The summed E-state index contributed by atoms with van der Waals surface area (Å²) in [4.78, 5) is 14.9. The number of aromatic nitrogens is 1. The molecule has 108 valence electrons. The predicted molar refractivity (Wildman–Crippen MR) is 81.8 cm³/mol. The number of hydrogen-bond donors (Lipinski definition) is 3. The normalized spacial score (nSPS) is 11.9. The molecule has 0 aliphatic rings. The fourth-order valence-electron chi connectivity index (χ4n) is 2.39. The van der Waals surface area contributed by atoms with Crippen molar-refractivity contribution in [3.63, 3.8) is 0 Å². The third kappa shape index (κ3) is 2.92. The molecule has 4 nitrogen and oxygen atoms in total. The maximum Gasteiger partial charge on any atom is 0.252 e. The minimum absolute atomic E-state index is 0.0738. The van der Waals surface area contributed by atoms with Crippen LogP contribution in [0.4, 0.5) is 0 Å². The molecular formula is C16H22N2O2. The number of rotatable bonds is 6. The Morgan fingerprint density at radius 3 is 2.60 bits per heavy atom. The highest BCUT2D eigenvalue weighted by atomic mass is 16.3. The van der Waals surface area contributed by atoms with Crippen LogP contribution >= 0.6 is 0 Å². The van der Waals surface area contributed by atoms with Crippen LogP contribution in [0.5, 0.6) is 0 Å². The van der Waals surface area contributed by atoms with Gasteiger partial charge in [0.2, 0.25) is 0 Å². The molecule has 0 spiro atoms. The number of pyridine rings is 1. The van der Waals surface area contributed by atoms with Crippen molar-refractivity contribution in [1.29, 1.82) is 0 Å². The molecular weight excluding hydrogens is 252 g/mol. The highest BCUT2D eigenvalue weighted by molar-refractivity contribution is 5.78. The average Bonchev–Trinajstić information content (AvgIpc) is 2.49. The van der Waals surface area contributed by atoms with E-state index in [-0.39, 0.29) is 17.7 Å². The van der Waals surface area contributed by atoms with E-state index in [4.69, 9.17) is 0 Å². The van der Waals surface area contributed by atoms with E-state index in [9.17, 15) is 9.90 Å². The Bertz CT molecular complexity index is 621. The minimum Gasteiger partial charge on any atom is -0.394 e. The third-order valence-corrected chi connectivity index (χ3v) is 4.14. The molecule has 0 bridgehead atoms. The molecule has 0 fully saturated rings. The summed E-state index contributed by atoms with van der Waals surface area (Å²) < 4.78 is 0. The Hall–Kier alpha value is -1.65. The van der Waals surface area contributed by atoms with Gasteiger partial charge >= 0.3 is 0 Å². The molecule has 2 aromatic rings. The number of hydrogen-bond acceptors (Lipinski definition) is 3. The highest BCUT2D eigenvalue weighted by Crippen LogP contribution is 2.15. The zero-order chi connectivity index (χ0) is 14.6. The topological polar surface area (TPSA) is 65.1 Å². The molecule has 0 amide bonds. The Kier molecular flexibility index (Phi) is 4.57. The van der Waals surface area contributed by atoms with E-state index >= 15 is 0 Å². The molecule has 0 unspecified atom stereocenters. The summed E-state index contributed by atoms with van der Waals surface area (Å²) in [6.45, 7) is 4.61. The maximum atomic E-state index is 12.1. The van der Waals surface area contributed by atoms with Gasteiger partial charge in [0.1, 0.15) is 0 Å². The molecule has 0 saturated heterocycles. The van der Waals surface area contributed by atoms with Gasteiger partial charge in [-0.05, 0) is 30.4 Å². The van der Waals surface area contributed by atoms with Crippen LogP contribution in [0.3, 0.4) is 0 Å². The van der Waals surface area contributed by atoms with E-state index in [0.717, 1.165) is 23.7 Å². The molecule has 0 radical (unpaired) electrons. The van der Waals surface area contributed by atoms with Crippen LogP contribution in [0.25, 0.3) is 10.9 Å². The third-order valence-electron chi connectivity index (χ3n) is 4.14. The van der Waals surface area contributed by atoms with Gasteiger partial charge in [0.05, 0.1) is 6.61 Å². The minimum atomic E-state index is -0.307. The van der Waals surface area contributed by atoms with Crippen LogP contribution in [0.2, 0.25) is 0 Å². The van der Waals surface area contributed by atoms with Crippen molar-refractivity contribution in [2.75, 3.05) is 6.61 Å². The molecule has 1 aromatic carbocycles. The van der Waals surface area contributed by atoms with Crippen molar-refractivity contribution in [3.05, 3.63) is 46.2 Å². The van der Waals surface area contributed by atoms with Gasteiger partial charge in [0.25, 0.3) is 5.56 Å². The molecule has 3 N–H and O–H groups in total. The Morgan fingerprint density at radius 2 is 1.95 bits per heavy atom. The van der Waals surface area contributed by atoms with Crippen LogP contribution in [-0.2, 0) is 6.54 Å². The van der Waals surface area contributed by atoms with Gasteiger partial charge in [-0.3, -0.25) is 4.79 Å². The first-order chi connectivity index (χ1) is 9.64. The number of aliphatic hydroxyl groups excluding tert-OH is 1. The van der Waals surface area contributed by atoms with Gasteiger partial charge < -0.3 is 15.4 Å². The van der Waals surface area contributed by atoms with Gasteiger partial charge in [-0.2, -0.15) is 0 Å². The summed E-state index contributed by atoms with van der Waals surface area (Å²) in [6.07, 6.45) is 1.65. The molecule has 20 heavy (non-hydrogen) atoms. The second-order valence-corrected chi connectivity index (χ2v) is 5.21. The van der Waals surface area contributed by atoms with E-state index in [2.05, 4.69) is 10.3 Å². The van der Waals surface area contributed by atoms with E-state index in [1.165, 1.54) is 0 Å². The van der Waals surface area contributed by atoms with Crippen molar-refractivity contribution < 1.29 is 5.11 Å². The van der Waals surface area contributed by atoms with E-state index in [1.54, 1.807) is 0 Å². The average molecular weight is 274 g/mol. The zero-order valence-electron chi connectivity index (χ0n) is 12.1. The van der Waals surface area contributed by atoms with Gasteiger partial charge in [-0.1, -0.05) is 32.0 Å². The van der Waals surface area contributed by atoms with Crippen molar-refractivity contribution in [1.82, 2.24) is 10.3 Å². The maximum absolute atomic E-state index is 12.1. The zero-order valence-corrected chi connectivity index (χ0v) is 12.1. The van der Waals surface area contributed by atoms with Crippen molar-refractivity contribution >= 4 is 10.9 Å². The number of aromatic amines is 1. The van der Waals surface area contributed by atoms with Crippen LogP contribution in [-0.4, -0.2) is 22.2 Å². The predicted octanol–water partition coefficient (Wildman–Crippen LogP) is 2.17. The second-order valence-electron chi connectivity index (χ2n) is 5.21. The largest absolute Gasteiger partial charge is 0.394 e. The summed E-state index contributed by atoms with van der Waals surface area (Å²) in [7, 11) is 0. The molecule has 2 rings (SSSR count). The molecule has 0 aliphatic heterocycles. The summed E-state index contributed by atoms with van der Waals surface area (Å²) in [5, 5.41) is 13.9. The van der Waals surface area contributed by atoms with Gasteiger partial charge in [0, 0.05) is 23.2 Å². The van der Waals surface area contributed by atoms with Crippen molar-refractivity contribution in [2.24, 2.45) is 0 Å². The van der Waals surface area contributed by atoms with Crippen LogP contribution in [0, 0.1) is 0 Å². The lowest BCUT2D eigenvalue weighted by Crippen LogP contribution is -2.47. The van der Waals surface area contributed by atoms with Crippen LogP contribution in [0.1, 0.15) is 32.3 Å². The Morgan fingerprint density at radius 1 is 1.25 bits per heavy atom. The summed E-state index contributed by atoms with van der Waals surface area (Å²) in [5.74, 6) is 0. The Labute approximate surface area is 118 Å². The van der Waals surface area contributed by atoms with E-state index in [0.29, 0.717) is 12.1 Å². The smallest absolute Gasteiger partial charge is 0.252 e. The quantitative estimate of drug-likeness (QED) is 0.756. The van der Waals surface area contributed by atoms with Gasteiger partial charge in [-0.25, -0.2) is 0 Å². The first-order valence-electron chi connectivity index (χ1n) is 7.11. The summed E-state index contributed by atoms with van der Waals surface area (Å²) >= 11 is 0. The molecule has 0 atom stereocenters. The van der Waals surface area contributed by atoms with Gasteiger partial charge in [0.15, 0.2) is 0 Å². The number of H-pyrrole nitrogens is 1. The number of para-hydroxylation sites is 1. The fraction of sp³-hybridized carbons (Fsp3) is 0.438. The van der Waals surface area contributed by atoms with E-state index in [1.807, 2.05) is 44.2 Å². The monoisotopic (exact) mass is 274 g/mol. The van der Waals surface area contributed by atoms with E-state index < -0.39 is 0 Å². The summed E-state index contributed by atoms with van der Waals surface area (Å²) in [5.41, 5.74) is 1.16. The number of aliphatic hydroxyl groups is 1. The molecule has 4 heteroatoms. The summed E-state index contributed by atoms with van der Waals surface area (Å²) in [6, 6.07) is 9.64. The SMILES string of the molecule is CCC(CC)(CO)NCc1cc2ccccc2[nH]c1=O. The number of fused-ring (bicyclic) bond motifs is 1. The lowest BCUT2D eigenvalue weighted by atomic mass is 9.93.